The van der Waals surface area contributed by atoms with Gasteiger partial charge in [0.15, 0.2) is 15.0 Å². The van der Waals surface area contributed by atoms with Gasteiger partial charge >= 0.3 is 0 Å². The first-order valence-electron chi connectivity index (χ1n) is 10.5. The maximum Gasteiger partial charge on any atom is 0.234 e. The summed E-state index contributed by atoms with van der Waals surface area (Å²) in [7, 11) is -1.06. The molecule has 0 bridgehead atoms. The summed E-state index contributed by atoms with van der Waals surface area (Å²) in [5.74, 6) is 1.41. The second kappa shape index (κ2) is 9.87. The molecule has 2 heterocycles. The van der Waals surface area contributed by atoms with E-state index in [0.717, 1.165) is 23.5 Å². The van der Waals surface area contributed by atoms with E-state index in [1.165, 1.54) is 17.3 Å². The fourth-order valence-corrected chi connectivity index (χ4v) is 6.46. The molecule has 0 aliphatic carbocycles. The van der Waals surface area contributed by atoms with Gasteiger partial charge < -0.3 is 9.88 Å². The maximum atomic E-state index is 12.6. The number of hydrogen-bond donors (Lipinski definition) is 1. The second-order valence-corrected chi connectivity index (χ2v) is 11.3. The van der Waals surface area contributed by atoms with Crippen molar-refractivity contribution in [1.82, 2.24) is 14.8 Å². The highest BCUT2D eigenvalue weighted by Gasteiger charge is 2.29. The average Bonchev–Trinajstić information content (AvgIpc) is 3.30. The summed E-state index contributed by atoms with van der Waals surface area (Å²) in [6, 6.07) is 18.0. The van der Waals surface area contributed by atoms with Crippen molar-refractivity contribution in [3.05, 3.63) is 71.5 Å². The van der Waals surface area contributed by atoms with Crippen molar-refractivity contribution in [3.8, 4) is 0 Å². The maximum absolute atomic E-state index is 12.6. The molecule has 168 valence electrons. The van der Waals surface area contributed by atoms with Crippen LogP contribution in [0.4, 0.5) is 5.69 Å². The Labute approximate surface area is 192 Å². The number of carbonyl (C=O) groups excluding carboxylic acids is 1. The molecule has 1 aromatic heterocycles. The molecule has 32 heavy (non-hydrogen) atoms. The van der Waals surface area contributed by atoms with Gasteiger partial charge in [0, 0.05) is 19.2 Å². The van der Waals surface area contributed by atoms with Crippen LogP contribution in [0.2, 0.25) is 0 Å². The molecule has 9 heteroatoms. The number of thioether (sulfide) groups is 1. The SMILES string of the molecule is Cn1c(C[C@H]2CCS(=O)(=O)C2)nnc1SCC(=O)Nc1ccccc1Cc1ccccc1. The predicted molar refractivity (Wildman–Crippen MR) is 127 cm³/mol. The molecule has 1 N–H and O–H groups in total. The summed E-state index contributed by atoms with van der Waals surface area (Å²) in [6.07, 6.45) is 2.00. The van der Waals surface area contributed by atoms with Gasteiger partial charge in [0.05, 0.1) is 17.3 Å². The van der Waals surface area contributed by atoms with E-state index in [9.17, 15) is 13.2 Å². The molecule has 0 saturated carbocycles. The smallest absolute Gasteiger partial charge is 0.234 e. The summed E-state index contributed by atoms with van der Waals surface area (Å²) in [5, 5.41) is 12.1. The molecule has 1 aliphatic heterocycles. The van der Waals surface area contributed by atoms with Crippen LogP contribution in [0.1, 0.15) is 23.4 Å². The van der Waals surface area contributed by atoms with Crippen LogP contribution in [0.25, 0.3) is 0 Å². The van der Waals surface area contributed by atoms with E-state index >= 15 is 0 Å². The van der Waals surface area contributed by atoms with Gasteiger partial charge in [-0.25, -0.2) is 8.42 Å². The Hall–Kier alpha value is -2.65. The van der Waals surface area contributed by atoms with Gasteiger partial charge in [-0.15, -0.1) is 10.2 Å². The van der Waals surface area contributed by atoms with Crippen LogP contribution in [0.3, 0.4) is 0 Å². The monoisotopic (exact) mass is 470 g/mol. The van der Waals surface area contributed by atoms with E-state index in [1.807, 2.05) is 54.1 Å². The highest BCUT2D eigenvalue weighted by Crippen LogP contribution is 2.24. The average molecular weight is 471 g/mol. The Balaban J connectivity index is 1.34. The van der Waals surface area contributed by atoms with Gasteiger partial charge in [-0.2, -0.15) is 0 Å². The first-order valence-corrected chi connectivity index (χ1v) is 13.3. The molecule has 1 aliphatic rings. The van der Waals surface area contributed by atoms with E-state index in [1.54, 1.807) is 0 Å². The van der Waals surface area contributed by atoms with Crippen molar-refractivity contribution in [2.24, 2.45) is 13.0 Å². The molecular weight excluding hydrogens is 444 g/mol. The number of benzene rings is 2. The van der Waals surface area contributed by atoms with Gasteiger partial charge in [0.2, 0.25) is 5.91 Å². The van der Waals surface area contributed by atoms with Crippen LogP contribution >= 0.6 is 11.8 Å². The number of anilines is 1. The fraction of sp³-hybridized carbons (Fsp3) is 0.348. The summed E-state index contributed by atoms with van der Waals surface area (Å²) in [4.78, 5) is 12.6. The summed E-state index contributed by atoms with van der Waals surface area (Å²) in [5.41, 5.74) is 3.05. The van der Waals surface area contributed by atoms with Crippen molar-refractivity contribution in [3.63, 3.8) is 0 Å². The highest BCUT2D eigenvalue weighted by atomic mass is 32.2. The van der Waals surface area contributed by atoms with Crippen LogP contribution < -0.4 is 5.32 Å². The number of aromatic nitrogens is 3. The normalized spacial score (nSPS) is 17.3. The van der Waals surface area contributed by atoms with Crippen LogP contribution in [0.5, 0.6) is 0 Å². The third kappa shape index (κ3) is 5.77. The Morgan fingerprint density at radius 2 is 1.88 bits per heavy atom. The summed E-state index contributed by atoms with van der Waals surface area (Å²) >= 11 is 1.32. The lowest BCUT2D eigenvalue weighted by molar-refractivity contribution is -0.113. The Morgan fingerprint density at radius 3 is 2.62 bits per heavy atom. The Bertz CT molecular complexity index is 1190. The molecule has 1 fully saturated rings. The lowest BCUT2D eigenvalue weighted by atomic mass is 10.0. The van der Waals surface area contributed by atoms with Crippen LogP contribution in [-0.4, -0.2) is 46.3 Å². The fourth-order valence-electron chi connectivity index (χ4n) is 3.87. The van der Waals surface area contributed by atoms with Gasteiger partial charge in [-0.3, -0.25) is 4.79 Å². The lowest BCUT2D eigenvalue weighted by Gasteiger charge is -2.11. The molecule has 0 radical (unpaired) electrons. The largest absolute Gasteiger partial charge is 0.325 e. The highest BCUT2D eigenvalue weighted by molar-refractivity contribution is 7.99. The topological polar surface area (TPSA) is 93.9 Å². The number of sulfone groups is 1. The van der Waals surface area contributed by atoms with E-state index in [0.29, 0.717) is 18.0 Å². The Morgan fingerprint density at radius 1 is 1.12 bits per heavy atom. The van der Waals surface area contributed by atoms with E-state index < -0.39 is 9.84 Å². The first-order chi connectivity index (χ1) is 15.4. The molecule has 0 unspecified atom stereocenters. The molecule has 1 amide bonds. The van der Waals surface area contributed by atoms with Crippen molar-refractivity contribution in [2.75, 3.05) is 22.6 Å². The standard InChI is InChI=1S/C23H26N4O3S2/c1-27-21(14-18-11-12-32(29,30)16-18)25-26-23(27)31-15-22(28)24-20-10-6-5-9-19(20)13-17-7-3-2-4-8-17/h2-10,18H,11-16H2,1H3,(H,24,28)/t18-/m1/s1. The first kappa shape index (κ1) is 22.5. The molecule has 2 aromatic carbocycles. The number of nitrogens with one attached hydrogen (secondary N) is 1. The number of rotatable bonds is 8. The molecule has 7 nitrogen and oxygen atoms in total. The van der Waals surface area contributed by atoms with Crippen molar-refractivity contribution < 1.29 is 13.2 Å². The number of para-hydroxylation sites is 1. The molecule has 0 spiro atoms. The van der Waals surface area contributed by atoms with E-state index in [4.69, 9.17) is 0 Å². The summed E-state index contributed by atoms with van der Waals surface area (Å²) in [6.45, 7) is 0. The zero-order chi connectivity index (χ0) is 22.6. The van der Waals surface area contributed by atoms with Gasteiger partial charge in [0.25, 0.3) is 0 Å². The molecule has 1 saturated heterocycles. The van der Waals surface area contributed by atoms with Crippen LogP contribution in [0.15, 0.2) is 59.8 Å². The lowest BCUT2D eigenvalue weighted by Crippen LogP contribution is -2.16. The van der Waals surface area contributed by atoms with E-state index in [2.05, 4.69) is 27.6 Å². The van der Waals surface area contributed by atoms with Crippen molar-refractivity contribution >= 4 is 33.2 Å². The predicted octanol–water partition coefficient (Wildman–Crippen LogP) is 3.11. The quantitative estimate of drug-likeness (QED) is 0.509. The van der Waals surface area contributed by atoms with Crippen LogP contribution in [0, 0.1) is 5.92 Å². The number of amides is 1. The van der Waals surface area contributed by atoms with Crippen molar-refractivity contribution in [1.29, 1.82) is 0 Å². The molecule has 4 rings (SSSR count). The van der Waals surface area contributed by atoms with Crippen LogP contribution in [-0.2, 0) is 34.5 Å². The van der Waals surface area contributed by atoms with Gasteiger partial charge in [0.1, 0.15) is 5.82 Å². The number of hydrogen-bond acceptors (Lipinski definition) is 6. The minimum Gasteiger partial charge on any atom is -0.325 e. The zero-order valence-electron chi connectivity index (χ0n) is 17.9. The number of nitrogens with zero attached hydrogens (tertiary/aromatic N) is 3. The summed E-state index contributed by atoms with van der Waals surface area (Å²) < 4.78 is 25.2. The number of carbonyl (C=O) groups is 1. The van der Waals surface area contributed by atoms with Gasteiger partial charge in [-0.05, 0) is 36.0 Å². The minimum atomic E-state index is -2.91. The molecular formula is C23H26N4O3S2. The second-order valence-electron chi connectivity index (χ2n) is 8.09. The Kier molecular flexibility index (Phi) is 6.95. The minimum absolute atomic E-state index is 0.0881. The van der Waals surface area contributed by atoms with Gasteiger partial charge in [-0.1, -0.05) is 60.3 Å². The third-order valence-electron chi connectivity index (χ3n) is 5.58. The molecule has 1 atom stereocenters. The molecule has 3 aromatic rings. The third-order valence-corrected chi connectivity index (χ3v) is 8.44. The van der Waals surface area contributed by atoms with E-state index in [-0.39, 0.29) is 29.1 Å². The zero-order valence-corrected chi connectivity index (χ0v) is 19.5. The van der Waals surface area contributed by atoms with Crippen molar-refractivity contribution in [2.45, 2.75) is 24.4 Å².